The minimum atomic E-state index is -0.142. The number of carbonyl (C=O) groups is 1. The maximum Gasteiger partial charge on any atom is 0.277 e. The summed E-state index contributed by atoms with van der Waals surface area (Å²) in [4.78, 5) is 23.4. The van der Waals surface area contributed by atoms with Crippen LogP contribution in [0.2, 0.25) is 0 Å². The first kappa shape index (κ1) is 17.6. The van der Waals surface area contributed by atoms with E-state index in [9.17, 15) is 4.79 Å². The van der Waals surface area contributed by atoms with E-state index in [-0.39, 0.29) is 5.91 Å². The summed E-state index contributed by atoms with van der Waals surface area (Å²) in [6.45, 7) is 6.34. The molecule has 1 amide bonds. The SMILES string of the molecule is CCN(C(=O)c1cc(Nc2ccc(C)cc2)nc(C)n1)c1ccccc1. The van der Waals surface area contributed by atoms with E-state index in [0.717, 1.165) is 11.4 Å². The quantitative estimate of drug-likeness (QED) is 0.739. The molecule has 0 aliphatic rings. The zero-order valence-corrected chi connectivity index (χ0v) is 15.2. The molecule has 0 spiro atoms. The van der Waals surface area contributed by atoms with Crippen molar-refractivity contribution < 1.29 is 4.79 Å². The van der Waals surface area contributed by atoms with Crippen LogP contribution in [0.5, 0.6) is 0 Å². The van der Waals surface area contributed by atoms with Gasteiger partial charge < -0.3 is 10.2 Å². The number of aromatic nitrogens is 2. The van der Waals surface area contributed by atoms with Crippen molar-refractivity contribution in [1.29, 1.82) is 0 Å². The second-order valence-electron chi connectivity index (χ2n) is 6.06. The van der Waals surface area contributed by atoms with Gasteiger partial charge in [0.25, 0.3) is 5.91 Å². The topological polar surface area (TPSA) is 58.1 Å². The van der Waals surface area contributed by atoms with Gasteiger partial charge in [0.2, 0.25) is 0 Å². The number of benzene rings is 2. The molecule has 26 heavy (non-hydrogen) atoms. The van der Waals surface area contributed by atoms with Gasteiger partial charge >= 0.3 is 0 Å². The molecule has 0 fully saturated rings. The molecule has 0 aliphatic carbocycles. The van der Waals surface area contributed by atoms with Crippen LogP contribution in [0, 0.1) is 13.8 Å². The third-order valence-corrected chi connectivity index (χ3v) is 4.01. The van der Waals surface area contributed by atoms with Crippen LogP contribution in [0.15, 0.2) is 60.7 Å². The van der Waals surface area contributed by atoms with Crippen molar-refractivity contribution in [1.82, 2.24) is 9.97 Å². The number of rotatable bonds is 5. The maximum absolute atomic E-state index is 13.0. The third kappa shape index (κ3) is 4.06. The zero-order valence-electron chi connectivity index (χ0n) is 15.2. The van der Waals surface area contributed by atoms with Gasteiger partial charge in [-0.1, -0.05) is 35.9 Å². The Kier molecular flexibility index (Phi) is 5.27. The van der Waals surface area contributed by atoms with Crippen LogP contribution in [0.3, 0.4) is 0 Å². The van der Waals surface area contributed by atoms with Crippen molar-refractivity contribution in [2.45, 2.75) is 20.8 Å². The van der Waals surface area contributed by atoms with Crippen LogP contribution < -0.4 is 10.2 Å². The van der Waals surface area contributed by atoms with Gasteiger partial charge in [0.1, 0.15) is 17.3 Å². The highest BCUT2D eigenvalue weighted by Gasteiger charge is 2.18. The molecular weight excluding hydrogens is 324 g/mol. The molecule has 3 rings (SSSR count). The van der Waals surface area contributed by atoms with Crippen LogP contribution in [-0.4, -0.2) is 22.4 Å². The molecule has 0 atom stereocenters. The molecule has 0 unspecified atom stereocenters. The van der Waals surface area contributed by atoms with Crippen molar-refractivity contribution >= 4 is 23.1 Å². The minimum Gasteiger partial charge on any atom is -0.340 e. The van der Waals surface area contributed by atoms with E-state index in [1.165, 1.54) is 5.56 Å². The molecule has 5 heteroatoms. The fourth-order valence-electron chi connectivity index (χ4n) is 2.72. The first-order valence-corrected chi connectivity index (χ1v) is 8.63. The van der Waals surface area contributed by atoms with Gasteiger partial charge in [0.05, 0.1) is 0 Å². The highest BCUT2D eigenvalue weighted by atomic mass is 16.2. The number of aryl methyl sites for hydroxylation is 2. The number of hydrogen-bond acceptors (Lipinski definition) is 4. The molecular formula is C21H22N4O. The number of anilines is 3. The second-order valence-corrected chi connectivity index (χ2v) is 6.06. The van der Waals surface area contributed by atoms with Crippen LogP contribution in [0.4, 0.5) is 17.2 Å². The Labute approximate surface area is 153 Å². The summed E-state index contributed by atoms with van der Waals surface area (Å²) in [5.74, 6) is 1.01. The van der Waals surface area contributed by atoms with Gasteiger partial charge in [-0.05, 0) is 45.0 Å². The molecule has 132 valence electrons. The van der Waals surface area contributed by atoms with Gasteiger partial charge in [-0.25, -0.2) is 9.97 Å². The van der Waals surface area contributed by atoms with Crippen LogP contribution in [-0.2, 0) is 0 Å². The maximum atomic E-state index is 13.0. The summed E-state index contributed by atoms with van der Waals surface area (Å²) in [6.07, 6.45) is 0. The normalized spacial score (nSPS) is 10.4. The van der Waals surface area contributed by atoms with E-state index in [1.807, 2.05) is 68.4 Å². The van der Waals surface area contributed by atoms with Crippen LogP contribution >= 0.6 is 0 Å². The Morgan fingerprint density at radius 1 is 1.00 bits per heavy atom. The Morgan fingerprint density at radius 3 is 2.35 bits per heavy atom. The van der Waals surface area contributed by atoms with Crippen LogP contribution in [0.1, 0.15) is 28.8 Å². The Morgan fingerprint density at radius 2 is 1.69 bits per heavy atom. The standard InChI is InChI=1S/C21H22N4O/c1-4-25(18-8-6-5-7-9-18)21(26)19-14-20(23-16(3)22-19)24-17-12-10-15(2)11-13-17/h5-14H,4H2,1-3H3,(H,22,23,24). The molecule has 2 aromatic carbocycles. The third-order valence-electron chi connectivity index (χ3n) is 4.01. The van der Waals surface area contributed by atoms with E-state index in [4.69, 9.17) is 0 Å². The van der Waals surface area contributed by atoms with Crippen LogP contribution in [0.25, 0.3) is 0 Å². The predicted molar refractivity (Wildman–Crippen MR) is 105 cm³/mol. The fourth-order valence-corrected chi connectivity index (χ4v) is 2.72. The van der Waals surface area contributed by atoms with Gasteiger partial charge in [0, 0.05) is 24.0 Å². The summed E-state index contributed by atoms with van der Waals surface area (Å²) in [5.41, 5.74) is 3.33. The number of amides is 1. The molecule has 3 aromatic rings. The monoisotopic (exact) mass is 346 g/mol. The Balaban J connectivity index is 1.88. The predicted octanol–water partition coefficient (Wildman–Crippen LogP) is 4.50. The van der Waals surface area contributed by atoms with E-state index in [2.05, 4.69) is 15.3 Å². The molecule has 5 nitrogen and oxygen atoms in total. The molecule has 0 aliphatic heterocycles. The smallest absolute Gasteiger partial charge is 0.277 e. The summed E-state index contributed by atoms with van der Waals surface area (Å²) in [7, 11) is 0. The lowest BCUT2D eigenvalue weighted by Gasteiger charge is -2.21. The average molecular weight is 346 g/mol. The average Bonchev–Trinajstić information content (AvgIpc) is 2.64. The van der Waals surface area contributed by atoms with Crippen molar-refractivity contribution in [3.05, 3.63) is 77.7 Å². The molecule has 0 saturated carbocycles. The van der Waals surface area contributed by atoms with Gasteiger partial charge in [0.15, 0.2) is 0 Å². The Bertz CT molecular complexity index is 892. The van der Waals surface area contributed by atoms with Crippen molar-refractivity contribution in [3.63, 3.8) is 0 Å². The number of nitrogens with zero attached hydrogens (tertiary/aromatic N) is 3. The number of hydrogen-bond donors (Lipinski definition) is 1. The summed E-state index contributed by atoms with van der Waals surface area (Å²) in [5, 5.41) is 3.24. The minimum absolute atomic E-state index is 0.142. The van der Waals surface area contributed by atoms with Gasteiger partial charge in [-0.3, -0.25) is 4.79 Å². The lowest BCUT2D eigenvalue weighted by atomic mass is 10.2. The first-order chi connectivity index (χ1) is 12.6. The Hall–Kier alpha value is -3.21. The van der Waals surface area contributed by atoms with E-state index in [0.29, 0.717) is 23.9 Å². The molecule has 0 radical (unpaired) electrons. The summed E-state index contributed by atoms with van der Waals surface area (Å²) in [6, 6.07) is 19.3. The zero-order chi connectivity index (χ0) is 18.5. The van der Waals surface area contributed by atoms with E-state index >= 15 is 0 Å². The molecule has 1 aromatic heterocycles. The number of carbonyl (C=O) groups excluding carboxylic acids is 1. The molecule has 0 bridgehead atoms. The summed E-state index contributed by atoms with van der Waals surface area (Å²) < 4.78 is 0. The molecule has 1 heterocycles. The van der Waals surface area contributed by atoms with E-state index < -0.39 is 0 Å². The highest BCUT2D eigenvalue weighted by molar-refractivity contribution is 6.05. The molecule has 0 saturated heterocycles. The van der Waals surface area contributed by atoms with Crippen molar-refractivity contribution in [2.24, 2.45) is 0 Å². The largest absolute Gasteiger partial charge is 0.340 e. The lowest BCUT2D eigenvalue weighted by Crippen LogP contribution is -2.31. The van der Waals surface area contributed by atoms with Gasteiger partial charge in [-0.15, -0.1) is 0 Å². The first-order valence-electron chi connectivity index (χ1n) is 8.63. The van der Waals surface area contributed by atoms with E-state index in [1.54, 1.807) is 17.9 Å². The number of nitrogens with one attached hydrogen (secondary N) is 1. The number of para-hydroxylation sites is 1. The lowest BCUT2D eigenvalue weighted by molar-refractivity contribution is 0.0983. The highest BCUT2D eigenvalue weighted by Crippen LogP contribution is 2.19. The second kappa shape index (κ2) is 7.78. The van der Waals surface area contributed by atoms with Crippen molar-refractivity contribution in [2.75, 3.05) is 16.8 Å². The van der Waals surface area contributed by atoms with Gasteiger partial charge in [-0.2, -0.15) is 0 Å². The fraction of sp³-hybridized carbons (Fsp3) is 0.190. The molecule has 1 N–H and O–H groups in total. The summed E-state index contributed by atoms with van der Waals surface area (Å²) >= 11 is 0. The van der Waals surface area contributed by atoms with Crippen molar-refractivity contribution in [3.8, 4) is 0 Å².